The minimum absolute atomic E-state index is 0.205. The van der Waals surface area contributed by atoms with Crippen molar-refractivity contribution in [3.63, 3.8) is 0 Å². The number of benzene rings is 5. The van der Waals surface area contributed by atoms with Crippen LogP contribution in [-0.2, 0) is 0 Å². The smallest absolute Gasteiger partial charge is 0.198 e. The van der Waals surface area contributed by atoms with E-state index in [4.69, 9.17) is 0 Å². The number of ketones is 2. The SMILES string of the molecule is O=C1C(=Cc2ccc(N3c4ccccc4Sc4cccnc43)cc2)C(=O)c2c1c1ccccc1c1ccccc21. The zero-order valence-corrected chi connectivity index (χ0v) is 22.0. The van der Waals surface area contributed by atoms with E-state index in [0.29, 0.717) is 11.1 Å². The summed E-state index contributed by atoms with van der Waals surface area (Å²) in [6.07, 6.45) is 3.53. The molecule has 2 aliphatic rings. The standard InChI is InChI=1S/C35H20N2O2S/c38-33-27(34(39)32-26-11-4-2-9-24(26)23-8-1-3-10-25(23)31(32)33)20-21-15-17-22(18-16-21)37-28-12-5-6-13-29(28)40-30-14-7-19-36-35(30)37/h1-20H. The molecular formula is C35H20N2O2S. The molecule has 0 N–H and O–H groups in total. The number of aromatic nitrogens is 1. The fourth-order valence-electron chi connectivity index (χ4n) is 5.85. The molecule has 0 unspecified atom stereocenters. The first-order valence-corrected chi connectivity index (χ1v) is 13.9. The van der Waals surface area contributed by atoms with Crippen molar-refractivity contribution in [2.75, 3.05) is 4.90 Å². The first-order valence-electron chi connectivity index (χ1n) is 13.1. The van der Waals surface area contributed by atoms with E-state index >= 15 is 0 Å². The van der Waals surface area contributed by atoms with Gasteiger partial charge in [0.05, 0.1) is 16.2 Å². The highest BCUT2D eigenvalue weighted by molar-refractivity contribution is 7.99. The van der Waals surface area contributed by atoms with E-state index in [2.05, 4.69) is 28.1 Å². The normalized spacial score (nSPS) is 13.9. The minimum Gasteiger partial charge on any atom is -0.293 e. The van der Waals surface area contributed by atoms with Crippen molar-refractivity contribution in [2.45, 2.75) is 9.79 Å². The van der Waals surface area contributed by atoms with E-state index in [1.54, 1.807) is 17.8 Å². The van der Waals surface area contributed by atoms with Crippen LogP contribution in [-0.4, -0.2) is 16.6 Å². The highest BCUT2D eigenvalue weighted by Crippen LogP contribution is 2.50. The first-order chi connectivity index (χ1) is 19.7. The number of rotatable bonds is 2. The van der Waals surface area contributed by atoms with Crippen molar-refractivity contribution in [2.24, 2.45) is 0 Å². The Kier molecular flexibility index (Phi) is 5.03. The zero-order chi connectivity index (χ0) is 26.8. The number of carbonyl (C=O) groups is 2. The molecule has 5 aromatic carbocycles. The van der Waals surface area contributed by atoms with Crippen molar-refractivity contribution < 1.29 is 9.59 Å². The summed E-state index contributed by atoms with van der Waals surface area (Å²) in [5.41, 5.74) is 4.04. The van der Waals surface area contributed by atoms with Crippen molar-refractivity contribution in [3.05, 3.63) is 138 Å². The second-order valence-electron chi connectivity index (χ2n) is 9.88. The summed E-state index contributed by atoms with van der Waals surface area (Å²) < 4.78 is 0. The van der Waals surface area contributed by atoms with Gasteiger partial charge in [-0.15, -0.1) is 0 Å². The average molecular weight is 533 g/mol. The molecule has 8 rings (SSSR count). The van der Waals surface area contributed by atoms with Gasteiger partial charge in [-0.3, -0.25) is 14.5 Å². The number of para-hydroxylation sites is 1. The lowest BCUT2D eigenvalue weighted by molar-refractivity contribution is 0.0991. The van der Waals surface area contributed by atoms with Gasteiger partial charge in [-0.1, -0.05) is 84.6 Å². The summed E-state index contributed by atoms with van der Waals surface area (Å²) in [7, 11) is 0. The van der Waals surface area contributed by atoms with Gasteiger partial charge in [0.2, 0.25) is 0 Å². The Balaban J connectivity index is 1.22. The molecule has 4 nitrogen and oxygen atoms in total. The average Bonchev–Trinajstić information content (AvgIpc) is 3.26. The summed E-state index contributed by atoms with van der Waals surface area (Å²) in [6.45, 7) is 0. The number of Topliss-reactive ketones (excluding diaryl/α,β-unsaturated/α-hetero) is 2. The Bertz CT molecular complexity index is 1960. The molecule has 1 aliphatic carbocycles. The third-order valence-corrected chi connectivity index (χ3v) is 8.73. The quantitative estimate of drug-likeness (QED) is 0.127. The summed E-state index contributed by atoms with van der Waals surface area (Å²) in [5.74, 6) is 0.449. The molecule has 0 saturated carbocycles. The Morgan fingerprint density at radius 2 is 1.18 bits per heavy atom. The van der Waals surface area contributed by atoms with Gasteiger partial charge in [0.15, 0.2) is 17.4 Å². The van der Waals surface area contributed by atoms with Gasteiger partial charge in [-0.25, -0.2) is 4.98 Å². The zero-order valence-electron chi connectivity index (χ0n) is 21.2. The molecule has 0 atom stereocenters. The summed E-state index contributed by atoms with van der Waals surface area (Å²) >= 11 is 1.71. The molecule has 6 aromatic rings. The second kappa shape index (κ2) is 8.76. The van der Waals surface area contributed by atoms with Crippen molar-refractivity contribution in [1.82, 2.24) is 4.98 Å². The van der Waals surface area contributed by atoms with E-state index in [1.165, 1.54) is 0 Å². The maximum Gasteiger partial charge on any atom is 0.198 e. The molecule has 0 amide bonds. The molecule has 40 heavy (non-hydrogen) atoms. The third-order valence-electron chi connectivity index (χ3n) is 7.63. The van der Waals surface area contributed by atoms with Gasteiger partial charge in [-0.05, 0) is 69.6 Å². The number of anilines is 3. The summed E-state index contributed by atoms with van der Waals surface area (Å²) in [6, 6.07) is 35.9. The Morgan fingerprint density at radius 3 is 1.85 bits per heavy atom. The van der Waals surface area contributed by atoms with Gasteiger partial charge >= 0.3 is 0 Å². The number of pyridine rings is 1. The Labute approximate surface area is 234 Å². The summed E-state index contributed by atoms with van der Waals surface area (Å²) in [5, 5.41) is 3.61. The number of nitrogens with zero attached hydrogens (tertiary/aromatic N) is 2. The van der Waals surface area contributed by atoms with Gasteiger partial charge in [-0.2, -0.15) is 0 Å². The molecule has 5 heteroatoms. The van der Waals surface area contributed by atoms with Crippen LogP contribution in [0.2, 0.25) is 0 Å². The number of hydrogen-bond acceptors (Lipinski definition) is 5. The first kappa shape index (κ1) is 22.9. The molecule has 1 aliphatic heterocycles. The van der Waals surface area contributed by atoms with Crippen molar-refractivity contribution in [1.29, 1.82) is 0 Å². The predicted molar refractivity (Wildman–Crippen MR) is 161 cm³/mol. The highest BCUT2D eigenvalue weighted by Gasteiger charge is 2.36. The maximum atomic E-state index is 13.8. The fourth-order valence-corrected chi connectivity index (χ4v) is 6.88. The van der Waals surface area contributed by atoms with E-state index in [1.807, 2.05) is 97.2 Å². The molecule has 0 bridgehead atoms. The lowest BCUT2D eigenvalue weighted by atomic mass is 9.93. The molecular weight excluding hydrogens is 512 g/mol. The van der Waals surface area contributed by atoms with Gasteiger partial charge in [0.25, 0.3) is 0 Å². The molecule has 0 spiro atoms. The van der Waals surface area contributed by atoms with Crippen LogP contribution >= 0.6 is 11.8 Å². The topological polar surface area (TPSA) is 50.3 Å². The number of hydrogen-bond donors (Lipinski definition) is 0. The molecule has 188 valence electrons. The lowest BCUT2D eigenvalue weighted by Gasteiger charge is -2.31. The van der Waals surface area contributed by atoms with Gasteiger partial charge in [0.1, 0.15) is 0 Å². The number of fused-ring (bicyclic) bond motifs is 8. The Morgan fingerprint density at radius 1 is 0.600 bits per heavy atom. The molecule has 0 fully saturated rings. The third kappa shape index (κ3) is 3.31. The fraction of sp³-hybridized carbons (Fsp3) is 0. The van der Waals surface area contributed by atoms with E-state index in [9.17, 15) is 9.59 Å². The Hall–Kier alpha value is -5.00. The maximum absolute atomic E-state index is 13.8. The van der Waals surface area contributed by atoms with Crippen LogP contribution in [0.1, 0.15) is 26.3 Å². The second-order valence-corrected chi connectivity index (χ2v) is 11.0. The predicted octanol–water partition coefficient (Wildman–Crippen LogP) is 8.78. The monoisotopic (exact) mass is 532 g/mol. The van der Waals surface area contributed by atoms with Crippen LogP contribution in [0.3, 0.4) is 0 Å². The van der Waals surface area contributed by atoms with Gasteiger partial charge in [0, 0.05) is 27.9 Å². The van der Waals surface area contributed by atoms with Crippen LogP contribution in [0.4, 0.5) is 17.2 Å². The molecule has 1 aromatic heterocycles. The van der Waals surface area contributed by atoms with Crippen LogP contribution < -0.4 is 4.90 Å². The van der Waals surface area contributed by atoms with Crippen molar-refractivity contribution in [3.8, 4) is 0 Å². The summed E-state index contributed by atoms with van der Waals surface area (Å²) in [4.78, 5) is 36.6. The van der Waals surface area contributed by atoms with E-state index in [0.717, 1.165) is 54.1 Å². The molecule has 2 heterocycles. The van der Waals surface area contributed by atoms with Crippen LogP contribution in [0.15, 0.2) is 131 Å². The molecule has 0 saturated heterocycles. The molecule has 0 radical (unpaired) electrons. The lowest BCUT2D eigenvalue weighted by Crippen LogP contribution is -2.16. The van der Waals surface area contributed by atoms with Gasteiger partial charge < -0.3 is 0 Å². The largest absolute Gasteiger partial charge is 0.293 e. The number of carbonyl (C=O) groups excluding carboxylic acids is 2. The number of allylic oxidation sites excluding steroid dienone is 1. The van der Waals surface area contributed by atoms with Crippen LogP contribution in [0, 0.1) is 0 Å². The highest BCUT2D eigenvalue weighted by atomic mass is 32.2. The van der Waals surface area contributed by atoms with E-state index in [-0.39, 0.29) is 17.1 Å². The van der Waals surface area contributed by atoms with Crippen LogP contribution in [0.25, 0.3) is 27.6 Å². The van der Waals surface area contributed by atoms with Crippen molar-refractivity contribution >= 4 is 68.1 Å². The minimum atomic E-state index is -0.217. The van der Waals surface area contributed by atoms with E-state index < -0.39 is 0 Å². The van der Waals surface area contributed by atoms with Crippen LogP contribution in [0.5, 0.6) is 0 Å².